The van der Waals surface area contributed by atoms with Crippen LogP contribution in [0, 0.1) is 5.41 Å². The minimum Gasteiger partial charge on any atom is -0.338 e. The van der Waals surface area contributed by atoms with Gasteiger partial charge in [-0.15, -0.1) is 0 Å². The van der Waals surface area contributed by atoms with E-state index in [1.807, 2.05) is 18.2 Å². The SMILES string of the molecule is CN(C)Cc1cccc(C(=O)N2CC[C@@]3(CCN(C)C3)C2)c1. The molecule has 4 nitrogen and oxygen atoms in total. The van der Waals surface area contributed by atoms with Crippen LogP contribution in [0.25, 0.3) is 0 Å². The van der Waals surface area contributed by atoms with E-state index < -0.39 is 0 Å². The third-order valence-electron chi connectivity index (χ3n) is 5.03. The molecule has 2 heterocycles. The van der Waals surface area contributed by atoms with E-state index in [-0.39, 0.29) is 5.91 Å². The molecule has 2 aliphatic rings. The van der Waals surface area contributed by atoms with Gasteiger partial charge < -0.3 is 14.7 Å². The highest BCUT2D eigenvalue weighted by Gasteiger charge is 2.43. The van der Waals surface area contributed by atoms with Gasteiger partial charge in [0, 0.05) is 37.2 Å². The Bertz CT molecular complexity index is 557. The molecule has 0 aromatic heterocycles. The Labute approximate surface area is 133 Å². The summed E-state index contributed by atoms with van der Waals surface area (Å²) in [6, 6.07) is 8.09. The maximum atomic E-state index is 12.8. The van der Waals surface area contributed by atoms with Crippen LogP contribution in [0.4, 0.5) is 0 Å². The number of rotatable bonds is 3. The van der Waals surface area contributed by atoms with Gasteiger partial charge in [0.1, 0.15) is 0 Å². The topological polar surface area (TPSA) is 26.8 Å². The average molecular weight is 301 g/mol. The van der Waals surface area contributed by atoms with Crippen molar-refractivity contribution in [2.45, 2.75) is 19.4 Å². The van der Waals surface area contributed by atoms with Crippen LogP contribution in [-0.2, 0) is 6.54 Å². The molecule has 0 radical (unpaired) electrons. The predicted molar refractivity (Wildman–Crippen MR) is 88.9 cm³/mol. The van der Waals surface area contributed by atoms with Gasteiger partial charge in [-0.05, 0) is 58.2 Å². The van der Waals surface area contributed by atoms with Crippen molar-refractivity contribution in [1.82, 2.24) is 14.7 Å². The summed E-state index contributed by atoms with van der Waals surface area (Å²) in [7, 11) is 6.29. The van der Waals surface area contributed by atoms with Gasteiger partial charge in [0.15, 0.2) is 0 Å². The number of carbonyl (C=O) groups excluding carboxylic acids is 1. The van der Waals surface area contributed by atoms with Crippen LogP contribution in [0.5, 0.6) is 0 Å². The van der Waals surface area contributed by atoms with Crippen LogP contribution in [0.15, 0.2) is 24.3 Å². The molecular weight excluding hydrogens is 274 g/mol. The van der Waals surface area contributed by atoms with Gasteiger partial charge in [-0.25, -0.2) is 0 Å². The molecule has 1 spiro atoms. The molecule has 4 heteroatoms. The Balaban J connectivity index is 1.70. The lowest BCUT2D eigenvalue weighted by Crippen LogP contribution is -2.33. The van der Waals surface area contributed by atoms with Crippen molar-refractivity contribution in [3.63, 3.8) is 0 Å². The van der Waals surface area contributed by atoms with Gasteiger partial charge in [0.05, 0.1) is 0 Å². The first kappa shape index (κ1) is 15.5. The molecule has 120 valence electrons. The monoisotopic (exact) mass is 301 g/mol. The van der Waals surface area contributed by atoms with Gasteiger partial charge in [0.2, 0.25) is 0 Å². The molecule has 1 aromatic rings. The predicted octanol–water partition coefficient (Wildman–Crippen LogP) is 1.92. The van der Waals surface area contributed by atoms with Crippen LogP contribution < -0.4 is 0 Å². The quantitative estimate of drug-likeness (QED) is 0.853. The third-order valence-corrected chi connectivity index (χ3v) is 5.03. The second kappa shape index (κ2) is 6.01. The highest BCUT2D eigenvalue weighted by Crippen LogP contribution is 2.39. The molecule has 2 saturated heterocycles. The third kappa shape index (κ3) is 3.18. The van der Waals surface area contributed by atoms with Crippen molar-refractivity contribution >= 4 is 5.91 Å². The van der Waals surface area contributed by atoms with Gasteiger partial charge in [-0.1, -0.05) is 12.1 Å². The minimum absolute atomic E-state index is 0.201. The first-order valence-electron chi connectivity index (χ1n) is 8.19. The summed E-state index contributed by atoms with van der Waals surface area (Å²) in [4.78, 5) is 19.4. The van der Waals surface area contributed by atoms with Crippen molar-refractivity contribution in [1.29, 1.82) is 0 Å². The van der Waals surface area contributed by atoms with Crippen molar-refractivity contribution in [3.05, 3.63) is 35.4 Å². The summed E-state index contributed by atoms with van der Waals surface area (Å²) >= 11 is 0. The van der Waals surface area contributed by atoms with Crippen molar-refractivity contribution in [2.24, 2.45) is 5.41 Å². The summed E-state index contributed by atoms with van der Waals surface area (Å²) in [6.45, 7) is 5.01. The number of nitrogens with zero attached hydrogens (tertiary/aromatic N) is 3. The number of hydrogen-bond acceptors (Lipinski definition) is 3. The molecule has 2 fully saturated rings. The molecule has 0 N–H and O–H groups in total. The maximum absolute atomic E-state index is 12.8. The number of benzene rings is 1. The molecule has 0 aliphatic carbocycles. The Morgan fingerprint density at radius 1 is 1.23 bits per heavy atom. The minimum atomic E-state index is 0.201. The van der Waals surface area contributed by atoms with Crippen LogP contribution in [0.2, 0.25) is 0 Å². The van der Waals surface area contributed by atoms with Crippen molar-refractivity contribution < 1.29 is 4.79 Å². The molecule has 1 amide bonds. The smallest absolute Gasteiger partial charge is 0.253 e. The first-order chi connectivity index (χ1) is 10.5. The highest BCUT2D eigenvalue weighted by molar-refractivity contribution is 5.94. The standard InChI is InChI=1S/C18H27N3O/c1-19(2)12-15-5-4-6-16(11-15)17(22)21-10-8-18(14-21)7-9-20(3)13-18/h4-6,11H,7-10,12-14H2,1-3H3/t18-/m1/s1. The fraction of sp³-hybridized carbons (Fsp3) is 0.611. The second-order valence-corrected chi connectivity index (χ2v) is 7.40. The summed E-state index contributed by atoms with van der Waals surface area (Å²) in [6.07, 6.45) is 2.38. The first-order valence-corrected chi connectivity index (χ1v) is 8.19. The van der Waals surface area contributed by atoms with Crippen molar-refractivity contribution in [3.8, 4) is 0 Å². The molecule has 0 saturated carbocycles. The van der Waals surface area contributed by atoms with Crippen LogP contribution in [0.1, 0.15) is 28.8 Å². The van der Waals surface area contributed by atoms with E-state index in [0.29, 0.717) is 5.41 Å². The Morgan fingerprint density at radius 3 is 2.68 bits per heavy atom. The van der Waals surface area contributed by atoms with Gasteiger partial charge in [0.25, 0.3) is 5.91 Å². The second-order valence-electron chi connectivity index (χ2n) is 7.40. The zero-order valence-corrected chi connectivity index (χ0v) is 14.0. The summed E-state index contributed by atoms with van der Waals surface area (Å²) in [5.74, 6) is 0.201. The molecular formula is C18H27N3O. The molecule has 1 aromatic carbocycles. The van der Waals surface area contributed by atoms with E-state index in [2.05, 4.69) is 41.9 Å². The number of likely N-dealkylation sites (tertiary alicyclic amines) is 2. The number of hydrogen-bond donors (Lipinski definition) is 0. The van der Waals surface area contributed by atoms with Gasteiger partial charge in [-0.3, -0.25) is 4.79 Å². The van der Waals surface area contributed by atoms with Crippen LogP contribution >= 0.6 is 0 Å². The fourth-order valence-corrected chi connectivity index (χ4v) is 3.95. The lowest BCUT2D eigenvalue weighted by Gasteiger charge is -2.24. The maximum Gasteiger partial charge on any atom is 0.253 e. The lowest BCUT2D eigenvalue weighted by molar-refractivity contribution is 0.0773. The summed E-state index contributed by atoms with van der Waals surface area (Å²) < 4.78 is 0. The van der Waals surface area contributed by atoms with E-state index in [9.17, 15) is 4.79 Å². The zero-order valence-electron chi connectivity index (χ0n) is 14.0. The fourth-order valence-electron chi connectivity index (χ4n) is 3.95. The summed E-state index contributed by atoms with van der Waals surface area (Å²) in [5, 5.41) is 0. The number of carbonyl (C=O) groups is 1. The molecule has 2 aliphatic heterocycles. The van der Waals surface area contributed by atoms with E-state index in [1.54, 1.807) is 0 Å². The number of amides is 1. The molecule has 22 heavy (non-hydrogen) atoms. The van der Waals surface area contributed by atoms with E-state index >= 15 is 0 Å². The van der Waals surface area contributed by atoms with Crippen molar-refractivity contribution in [2.75, 3.05) is 47.3 Å². The van der Waals surface area contributed by atoms with Gasteiger partial charge in [-0.2, -0.15) is 0 Å². The largest absolute Gasteiger partial charge is 0.338 e. The normalized spacial score (nSPS) is 25.5. The zero-order chi connectivity index (χ0) is 15.7. The average Bonchev–Trinajstić information content (AvgIpc) is 3.05. The van der Waals surface area contributed by atoms with E-state index in [0.717, 1.165) is 38.2 Å². The Kier molecular flexibility index (Phi) is 4.24. The van der Waals surface area contributed by atoms with Gasteiger partial charge >= 0.3 is 0 Å². The van der Waals surface area contributed by atoms with E-state index in [1.165, 1.54) is 18.5 Å². The lowest BCUT2D eigenvalue weighted by atomic mass is 9.86. The Hall–Kier alpha value is -1.39. The van der Waals surface area contributed by atoms with E-state index in [4.69, 9.17) is 0 Å². The molecule has 0 unspecified atom stereocenters. The Morgan fingerprint density at radius 2 is 2.00 bits per heavy atom. The molecule has 3 rings (SSSR count). The highest BCUT2D eigenvalue weighted by atomic mass is 16.2. The van der Waals surface area contributed by atoms with Crippen LogP contribution in [-0.4, -0.2) is 67.9 Å². The molecule has 0 bridgehead atoms. The summed E-state index contributed by atoms with van der Waals surface area (Å²) in [5.41, 5.74) is 2.39. The van der Waals surface area contributed by atoms with Crippen LogP contribution in [0.3, 0.4) is 0 Å². The molecule has 1 atom stereocenters.